The summed E-state index contributed by atoms with van der Waals surface area (Å²) in [5.74, 6) is -0.799. The van der Waals surface area contributed by atoms with Crippen molar-refractivity contribution in [1.29, 1.82) is 0 Å². The summed E-state index contributed by atoms with van der Waals surface area (Å²) in [7, 11) is 0. The second kappa shape index (κ2) is 8.01. The zero-order chi connectivity index (χ0) is 17.0. The molecule has 5 nitrogen and oxygen atoms in total. The third kappa shape index (κ3) is 4.84. The van der Waals surface area contributed by atoms with Crippen LogP contribution < -0.4 is 10.6 Å². The van der Waals surface area contributed by atoms with E-state index in [2.05, 4.69) is 15.6 Å². The molecule has 0 aliphatic carbocycles. The Kier molecular flexibility index (Phi) is 6.29. The van der Waals surface area contributed by atoms with Gasteiger partial charge in [-0.2, -0.15) is 0 Å². The first-order valence-electron chi connectivity index (χ1n) is 6.45. The summed E-state index contributed by atoms with van der Waals surface area (Å²) in [6, 6.07) is 4.54. The normalized spacial score (nSPS) is 10.4. The highest BCUT2D eigenvalue weighted by atomic mass is 35.5. The van der Waals surface area contributed by atoms with E-state index in [1.165, 1.54) is 23.5 Å². The van der Waals surface area contributed by atoms with Gasteiger partial charge in [0.25, 0.3) is 5.91 Å². The van der Waals surface area contributed by atoms with Crippen LogP contribution in [-0.2, 0) is 4.79 Å². The predicted octanol–water partition coefficient (Wildman–Crippen LogP) is 3.85. The van der Waals surface area contributed by atoms with Crippen LogP contribution in [0.2, 0.25) is 10.0 Å². The first-order chi connectivity index (χ1) is 10.9. The quantitative estimate of drug-likeness (QED) is 0.761. The maximum atomic E-state index is 12.0. The summed E-state index contributed by atoms with van der Waals surface area (Å²) in [6.07, 6.45) is 1.95. The van der Waals surface area contributed by atoms with Crippen LogP contribution in [0.15, 0.2) is 22.4 Å². The summed E-state index contributed by atoms with van der Waals surface area (Å²) in [5, 5.41) is 6.34. The summed E-state index contributed by atoms with van der Waals surface area (Å²) >= 11 is 14.7. The van der Waals surface area contributed by atoms with Gasteiger partial charge in [0, 0.05) is 5.02 Å². The molecule has 0 aliphatic rings. The summed E-state index contributed by atoms with van der Waals surface area (Å²) in [6.45, 7) is 1.70. The number of hydrogen-bond donors (Lipinski definition) is 2. The lowest BCUT2D eigenvalue weighted by Crippen LogP contribution is -2.33. The number of thioether (sulfide) groups is 1. The van der Waals surface area contributed by atoms with Crippen molar-refractivity contribution < 1.29 is 9.59 Å². The minimum atomic E-state index is -0.443. The fourth-order valence-electron chi connectivity index (χ4n) is 1.72. The fourth-order valence-corrected chi connectivity index (χ4v) is 3.84. The van der Waals surface area contributed by atoms with E-state index in [9.17, 15) is 9.59 Å². The molecular formula is C14H13Cl2N3O2S2. The highest BCUT2D eigenvalue weighted by Crippen LogP contribution is 2.30. The van der Waals surface area contributed by atoms with Gasteiger partial charge in [-0.1, -0.05) is 34.5 Å². The van der Waals surface area contributed by atoms with Gasteiger partial charge in [-0.15, -0.1) is 11.8 Å². The lowest BCUT2D eigenvalue weighted by molar-refractivity contribution is -0.115. The van der Waals surface area contributed by atoms with Crippen LogP contribution in [0.5, 0.6) is 0 Å². The summed E-state index contributed by atoms with van der Waals surface area (Å²) in [4.78, 5) is 28.1. The number of aromatic nitrogens is 1. The van der Waals surface area contributed by atoms with Gasteiger partial charge in [-0.05, 0) is 31.4 Å². The number of nitrogens with one attached hydrogen (secondary N) is 2. The van der Waals surface area contributed by atoms with E-state index in [1.54, 1.807) is 17.8 Å². The maximum Gasteiger partial charge on any atom is 0.253 e. The van der Waals surface area contributed by atoms with E-state index in [4.69, 9.17) is 23.2 Å². The van der Waals surface area contributed by atoms with E-state index in [0.29, 0.717) is 10.2 Å². The van der Waals surface area contributed by atoms with Crippen LogP contribution >= 0.6 is 46.3 Å². The minimum Gasteiger partial charge on any atom is -0.343 e. The molecule has 0 spiro atoms. The molecule has 122 valence electrons. The van der Waals surface area contributed by atoms with Gasteiger partial charge in [-0.25, -0.2) is 4.98 Å². The van der Waals surface area contributed by atoms with Gasteiger partial charge in [0.05, 0.1) is 27.0 Å². The van der Waals surface area contributed by atoms with Crippen LogP contribution in [0.25, 0.3) is 0 Å². The van der Waals surface area contributed by atoms with Crippen molar-refractivity contribution in [2.45, 2.75) is 11.1 Å². The first-order valence-corrected chi connectivity index (χ1v) is 9.25. The van der Waals surface area contributed by atoms with E-state index in [0.717, 1.165) is 9.90 Å². The van der Waals surface area contributed by atoms with Gasteiger partial charge in [0.2, 0.25) is 5.91 Å². The second-order valence-corrected chi connectivity index (χ2v) is 7.37. The van der Waals surface area contributed by atoms with Crippen molar-refractivity contribution in [2.24, 2.45) is 0 Å². The Morgan fingerprint density at radius 3 is 2.70 bits per heavy atom. The molecular weight excluding hydrogens is 377 g/mol. The lowest BCUT2D eigenvalue weighted by atomic mass is 10.2. The van der Waals surface area contributed by atoms with Crippen molar-refractivity contribution in [3.63, 3.8) is 0 Å². The molecule has 23 heavy (non-hydrogen) atoms. The number of aryl methyl sites for hydroxylation is 1. The Morgan fingerprint density at radius 1 is 1.35 bits per heavy atom. The molecule has 1 aromatic heterocycles. The number of amides is 2. The fraction of sp³-hybridized carbons (Fsp3) is 0.214. The van der Waals surface area contributed by atoms with Gasteiger partial charge >= 0.3 is 0 Å². The molecule has 2 rings (SSSR count). The Morgan fingerprint density at radius 2 is 2.09 bits per heavy atom. The van der Waals surface area contributed by atoms with Gasteiger partial charge in [0.15, 0.2) is 5.13 Å². The maximum absolute atomic E-state index is 12.0. The van der Waals surface area contributed by atoms with Crippen molar-refractivity contribution in [2.75, 3.05) is 18.1 Å². The number of thiazole rings is 1. The molecule has 0 saturated heterocycles. The monoisotopic (exact) mass is 389 g/mol. The molecule has 0 atom stereocenters. The molecule has 2 aromatic rings. The van der Waals surface area contributed by atoms with Gasteiger partial charge in [0.1, 0.15) is 0 Å². The van der Waals surface area contributed by atoms with Crippen molar-refractivity contribution in [1.82, 2.24) is 10.3 Å². The Labute approximate surface area is 151 Å². The van der Waals surface area contributed by atoms with Gasteiger partial charge < -0.3 is 10.6 Å². The van der Waals surface area contributed by atoms with Crippen LogP contribution in [0, 0.1) is 6.92 Å². The van der Waals surface area contributed by atoms with E-state index in [-0.39, 0.29) is 23.0 Å². The average molecular weight is 390 g/mol. The largest absolute Gasteiger partial charge is 0.343 e. The number of nitrogens with zero attached hydrogens (tertiary/aromatic N) is 1. The SMILES string of the molecule is CSc1sc(NC(=O)CNC(=O)c2ccc(Cl)cc2Cl)nc1C. The van der Waals surface area contributed by atoms with Crippen LogP contribution in [-0.4, -0.2) is 29.6 Å². The Balaban J connectivity index is 1.92. The molecule has 0 fully saturated rings. The number of benzene rings is 1. The van der Waals surface area contributed by atoms with E-state index >= 15 is 0 Å². The molecule has 2 amide bonds. The van der Waals surface area contributed by atoms with Crippen molar-refractivity contribution in [3.8, 4) is 0 Å². The molecule has 0 aliphatic heterocycles. The van der Waals surface area contributed by atoms with E-state index in [1.807, 2.05) is 13.2 Å². The topological polar surface area (TPSA) is 71.1 Å². The van der Waals surface area contributed by atoms with E-state index < -0.39 is 5.91 Å². The van der Waals surface area contributed by atoms with Crippen molar-refractivity contribution in [3.05, 3.63) is 39.5 Å². The zero-order valence-corrected chi connectivity index (χ0v) is 15.4. The summed E-state index contributed by atoms with van der Waals surface area (Å²) in [5.41, 5.74) is 1.13. The smallest absolute Gasteiger partial charge is 0.253 e. The molecule has 1 aromatic carbocycles. The Bertz CT molecular complexity index is 750. The molecule has 0 bridgehead atoms. The third-order valence-corrected chi connectivity index (χ3v) is 5.60. The molecule has 9 heteroatoms. The van der Waals surface area contributed by atoms with Crippen molar-refractivity contribution >= 4 is 63.2 Å². The summed E-state index contributed by atoms with van der Waals surface area (Å²) < 4.78 is 1.04. The molecule has 0 saturated carbocycles. The number of hydrogen-bond acceptors (Lipinski definition) is 5. The molecule has 0 radical (unpaired) electrons. The average Bonchev–Trinajstić information content (AvgIpc) is 2.84. The number of anilines is 1. The standard InChI is InChI=1S/C14H13Cl2N3O2S2/c1-7-13(22-2)23-14(18-7)19-11(20)6-17-12(21)9-4-3-8(15)5-10(9)16/h3-5H,6H2,1-2H3,(H,17,21)(H,18,19,20). The number of rotatable bonds is 5. The van der Waals surface area contributed by atoms with Crippen LogP contribution in [0.3, 0.4) is 0 Å². The predicted molar refractivity (Wildman–Crippen MR) is 96.1 cm³/mol. The molecule has 1 heterocycles. The zero-order valence-electron chi connectivity index (χ0n) is 12.3. The third-order valence-electron chi connectivity index (χ3n) is 2.77. The Hall–Kier alpha value is -1.28. The van der Waals surface area contributed by atoms with Gasteiger partial charge in [-0.3, -0.25) is 9.59 Å². The lowest BCUT2D eigenvalue weighted by Gasteiger charge is -2.06. The second-order valence-electron chi connectivity index (χ2n) is 4.45. The molecule has 0 unspecified atom stereocenters. The minimum absolute atomic E-state index is 0.176. The molecule has 2 N–H and O–H groups in total. The highest BCUT2D eigenvalue weighted by Gasteiger charge is 2.13. The highest BCUT2D eigenvalue weighted by molar-refractivity contribution is 8.00. The van der Waals surface area contributed by atoms with Crippen LogP contribution in [0.4, 0.5) is 5.13 Å². The number of carbonyl (C=O) groups excluding carboxylic acids is 2. The number of halogens is 2. The first kappa shape index (κ1) is 18.1. The van der Waals surface area contributed by atoms with Crippen LogP contribution in [0.1, 0.15) is 16.1 Å². The number of carbonyl (C=O) groups is 2.